The maximum Gasteiger partial charge on any atom is 0.573 e. The van der Waals surface area contributed by atoms with Gasteiger partial charge in [-0.3, -0.25) is 4.79 Å². The summed E-state index contributed by atoms with van der Waals surface area (Å²) >= 11 is 1.86. The van der Waals surface area contributed by atoms with Crippen molar-refractivity contribution in [3.8, 4) is 34.1 Å². The molecule has 0 aliphatic carbocycles. The number of aryl methyl sites for hydroxylation is 1. The van der Waals surface area contributed by atoms with Gasteiger partial charge in [-0.05, 0) is 65.4 Å². The fourth-order valence-electron chi connectivity index (χ4n) is 2.91. The molecular weight excluding hydrogens is 552 g/mol. The van der Waals surface area contributed by atoms with E-state index in [1.165, 1.54) is 22.8 Å². The monoisotopic (exact) mass is 572 g/mol. The lowest BCUT2D eigenvalue weighted by Crippen LogP contribution is -2.17. The zero-order valence-corrected chi connectivity index (χ0v) is 19.6. The highest BCUT2D eigenvalue weighted by Gasteiger charge is 2.31. The van der Waals surface area contributed by atoms with Crippen molar-refractivity contribution in [1.29, 1.82) is 0 Å². The Balaban J connectivity index is 2.03. The molecule has 0 aliphatic heterocycles. The van der Waals surface area contributed by atoms with Gasteiger partial charge in [-0.1, -0.05) is 6.08 Å². The molecular formula is C23H20F3IN2O4. The molecule has 0 unspecified atom stereocenters. The number of rotatable bonds is 8. The molecule has 2 aromatic carbocycles. The maximum atomic E-state index is 12.5. The number of nitrogens with zero attached hydrogens (tertiary/aromatic N) is 1. The summed E-state index contributed by atoms with van der Waals surface area (Å²) in [4.78, 5) is 12.2. The first-order chi connectivity index (χ1) is 15.6. The molecule has 3 rings (SSSR count). The van der Waals surface area contributed by atoms with E-state index in [-0.39, 0.29) is 11.3 Å². The predicted molar refractivity (Wildman–Crippen MR) is 128 cm³/mol. The lowest BCUT2D eigenvalue weighted by molar-refractivity contribution is -0.274. The molecule has 0 fully saturated rings. The van der Waals surface area contributed by atoms with Crippen LogP contribution >= 0.6 is 22.6 Å². The van der Waals surface area contributed by atoms with Crippen LogP contribution in [0.15, 0.2) is 66.1 Å². The summed E-state index contributed by atoms with van der Waals surface area (Å²) in [6.45, 7) is 3.98. The molecule has 10 heteroatoms. The van der Waals surface area contributed by atoms with E-state index >= 15 is 0 Å². The van der Waals surface area contributed by atoms with Crippen LogP contribution in [0.5, 0.6) is 23.0 Å². The van der Waals surface area contributed by atoms with Gasteiger partial charge in [0.2, 0.25) is 0 Å². The van der Waals surface area contributed by atoms with Crippen molar-refractivity contribution < 1.29 is 27.4 Å². The molecule has 0 aliphatic rings. The molecule has 174 valence electrons. The van der Waals surface area contributed by atoms with Gasteiger partial charge in [-0.2, -0.15) is 0 Å². The first kappa shape index (κ1) is 24.5. The Morgan fingerprint density at radius 3 is 2.48 bits per heavy atom. The number of halogens is 4. The molecule has 0 amide bonds. The quantitative estimate of drug-likeness (QED) is 0.158. The topological polar surface area (TPSA) is 75.7 Å². The second kappa shape index (κ2) is 10.2. The van der Waals surface area contributed by atoms with Crippen LogP contribution in [0.25, 0.3) is 11.1 Å². The predicted octanol–water partition coefficient (Wildman–Crippen LogP) is 5.88. The van der Waals surface area contributed by atoms with E-state index in [9.17, 15) is 18.0 Å². The van der Waals surface area contributed by atoms with Crippen molar-refractivity contribution in [1.82, 2.24) is 4.57 Å². The molecule has 2 N–H and O–H groups in total. The molecule has 1 aromatic heterocycles. The highest BCUT2D eigenvalue weighted by molar-refractivity contribution is 14.1. The number of pyridine rings is 1. The van der Waals surface area contributed by atoms with Crippen LogP contribution in [-0.4, -0.2) is 17.5 Å². The van der Waals surface area contributed by atoms with E-state index in [1.807, 2.05) is 22.6 Å². The van der Waals surface area contributed by atoms with Gasteiger partial charge < -0.3 is 24.5 Å². The van der Waals surface area contributed by atoms with Crippen LogP contribution in [0.3, 0.4) is 0 Å². The van der Waals surface area contributed by atoms with E-state index in [2.05, 4.69) is 11.3 Å². The van der Waals surface area contributed by atoms with Crippen LogP contribution in [0.1, 0.15) is 6.42 Å². The maximum absolute atomic E-state index is 12.5. The minimum absolute atomic E-state index is 0.256. The van der Waals surface area contributed by atoms with Gasteiger partial charge in [0, 0.05) is 36.1 Å². The average Bonchev–Trinajstić information content (AvgIpc) is 2.72. The SMILES string of the molecule is C=CCCOc1cc(=O)n(C)cc1-c1cc(N)ccc1Oc1ccc(OC(F)(F)F)cc1I. The van der Waals surface area contributed by atoms with E-state index in [1.54, 1.807) is 37.5 Å². The number of nitrogens with two attached hydrogens (primary N) is 1. The summed E-state index contributed by atoms with van der Waals surface area (Å²) < 4.78 is 55.1. The van der Waals surface area contributed by atoms with Crippen LogP contribution in [0.2, 0.25) is 0 Å². The minimum atomic E-state index is -4.79. The third-order valence-electron chi connectivity index (χ3n) is 4.42. The van der Waals surface area contributed by atoms with Crippen LogP contribution in [0, 0.1) is 3.57 Å². The summed E-state index contributed by atoms with van der Waals surface area (Å²) in [5.74, 6) is 0.681. The minimum Gasteiger partial charge on any atom is -0.492 e. The number of benzene rings is 2. The fourth-order valence-corrected chi connectivity index (χ4v) is 3.51. The van der Waals surface area contributed by atoms with Crippen molar-refractivity contribution in [2.45, 2.75) is 12.8 Å². The normalized spacial score (nSPS) is 11.2. The number of alkyl halides is 3. The van der Waals surface area contributed by atoms with Crippen molar-refractivity contribution in [3.63, 3.8) is 0 Å². The second-order valence-electron chi connectivity index (χ2n) is 6.92. The Labute approximate surface area is 201 Å². The van der Waals surface area contributed by atoms with Crippen molar-refractivity contribution in [3.05, 3.63) is 75.2 Å². The van der Waals surface area contributed by atoms with Gasteiger partial charge >= 0.3 is 6.36 Å². The highest BCUT2D eigenvalue weighted by Crippen LogP contribution is 2.40. The van der Waals surface area contributed by atoms with Crippen molar-refractivity contribution in [2.24, 2.45) is 7.05 Å². The Morgan fingerprint density at radius 2 is 1.82 bits per heavy atom. The molecule has 0 saturated carbocycles. The zero-order valence-electron chi connectivity index (χ0n) is 17.5. The Morgan fingerprint density at radius 1 is 1.09 bits per heavy atom. The second-order valence-corrected chi connectivity index (χ2v) is 8.09. The van der Waals surface area contributed by atoms with Crippen LogP contribution < -0.4 is 25.5 Å². The Kier molecular flexibility index (Phi) is 7.57. The summed E-state index contributed by atoms with van der Waals surface area (Å²) in [5.41, 5.74) is 7.31. The summed E-state index contributed by atoms with van der Waals surface area (Å²) in [6.07, 6.45) is -0.900. The van der Waals surface area contributed by atoms with E-state index in [0.717, 1.165) is 6.07 Å². The standard InChI is InChI=1S/C23H20F3IN2O4/c1-3-4-9-31-21-12-22(30)29(2)13-17(21)16-10-14(28)5-7-19(16)32-20-8-6-15(11-18(20)27)33-23(24,25)26/h3,5-8,10-13H,1,4,9,28H2,2H3. The number of hydrogen-bond donors (Lipinski definition) is 1. The van der Waals surface area contributed by atoms with Crippen molar-refractivity contribution >= 4 is 28.3 Å². The van der Waals surface area contributed by atoms with E-state index in [0.29, 0.717) is 50.7 Å². The van der Waals surface area contributed by atoms with E-state index in [4.69, 9.17) is 15.2 Å². The lowest BCUT2D eigenvalue weighted by Gasteiger charge is -2.17. The molecule has 0 bridgehead atoms. The summed E-state index contributed by atoms with van der Waals surface area (Å²) in [7, 11) is 1.61. The first-order valence-corrected chi connectivity index (χ1v) is 10.7. The number of ether oxygens (including phenoxy) is 3. The number of anilines is 1. The number of aromatic nitrogens is 1. The van der Waals surface area contributed by atoms with Crippen LogP contribution in [-0.2, 0) is 7.05 Å². The van der Waals surface area contributed by atoms with Gasteiger partial charge in [-0.25, -0.2) is 0 Å². The molecule has 33 heavy (non-hydrogen) atoms. The molecule has 0 radical (unpaired) electrons. The third kappa shape index (κ3) is 6.44. The fraction of sp³-hybridized carbons (Fsp3) is 0.174. The Bertz CT molecular complexity index is 1230. The zero-order chi connectivity index (χ0) is 24.2. The Hall–Kier alpha value is -3.15. The highest BCUT2D eigenvalue weighted by atomic mass is 127. The van der Waals surface area contributed by atoms with Gasteiger partial charge in [0.25, 0.3) is 5.56 Å². The third-order valence-corrected chi connectivity index (χ3v) is 5.26. The largest absolute Gasteiger partial charge is 0.573 e. The smallest absolute Gasteiger partial charge is 0.492 e. The van der Waals surface area contributed by atoms with Gasteiger partial charge in [0.05, 0.1) is 10.2 Å². The van der Waals surface area contributed by atoms with Crippen molar-refractivity contribution in [2.75, 3.05) is 12.3 Å². The van der Waals surface area contributed by atoms with Gasteiger partial charge in [-0.15, -0.1) is 19.8 Å². The average molecular weight is 572 g/mol. The van der Waals surface area contributed by atoms with Gasteiger partial charge in [0.1, 0.15) is 23.0 Å². The lowest BCUT2D eigenvalue weighted by atomic mass is 10.0. The molecule has 1 heterocycles. The number of nitrogen functional groups attached to an aromatic ring is 1. The molecule has 3 aromatic rings. The molecule has 0 saturated heterocycles. The summed E-state index contributed by atoms with van der Waals surface area (Å²) in [6, 6.07) is 10.1. The first-order valence-electron chi connectivity index (χ1n) is 9.65. The summed E-state index contributed by atoms with van der Waals surface area (Å²) in [5, 5.41) is 0. The molecule has 0 atom stereocenters. The van der Waals surface area contributed by atoms with Crippen LogP contribution in [0.4, 0.5) is 18.9 Å². The molecule has 0 spiro atoms. The van der Waals surface area contributed by atoms with E-state index < -0.39 is 6.36 Å². The van der Waals surface area contributed by atoms with Gasteiger partial charge in [0.15, 0.2) is 0 Å². The number of hydrogen-bond acceptors (Lipinski definition) is 5. The molecule has 6 nitrogen and oxygen atoms in total.